The molecule has 2 aromatic rings. The minimum Gasteiger partial charge on any atom is -0.331 e. The Kier molecular flexibility index (Phi) is 5.42. The van der Waals surface area contributed by atoms with Crippen molar-refractivity contribution in [2.45, 2.75) is 13.5 Å². The zero-order valence-electron chi connectivity index (χ0n) is 13.2. The topological polar surface area (TPSA) is 63.5 Å². The van der Waals surface area contributed by atoms with Gasteiger partial charge in [0.2, 0.25) is 0 Å². The number of amides is 1. The third kappa shape index (κ3) is 3.84. The van der Waals surface area contributed by atoms with Crippen molar-refractivity contribution in [3.8, 4) is 0 Å². The van der Waals surface area contributed by atoms with E-state index >= 15 is 0 Å². The first-order chi connectivity index (χ1) is 11.4. The van der Waals surface area contributed by atoms with E-state index in [4.69, 9.17) is 0 Å². The van der Waals surface area contributed by atoms with Gasteiger partial charge in [0.15, 0.2) is 0 Å². The van der Waals surface area contributed by atoms with Crippen LogP contribution in [0.15, 0.2) is 55.1 Å². The van der Waals surface area contributed by atoms with Crippen LogP contribution in [0.3, 0.4) is 0 Å². The Morgan fingerprint density at radius 3 is 2.58 bits per heavy atom. The standard InChI is InChI=1S/C18H17FN2O3/c1-3-9-20(12-14-7-5-4-6-8-14)18(22)15-10-16(19)13(2)17(11-15)21(23)24/h3-8,10-11H,1,9,12H2,2H3. The summed E-state index contributed by atoms with van der Waals surface area (Å²) < 4.78 is 13.9. The Labute approximate surface area is 139 Å². The van der Waals surface area contributed by atoms with Crippen LogP contribution in [0.25, 0.3) is 0 Å². The van der Waals surface area contributed by atoms with Crippen LogP contribution in [0.5, 0.6) is 0 Å². The molecular weight excluding hydrogens is 311 g/mol. The molecule has 0 radical (unpaired) electrons. The Morgan fingerprint density at radius 1 is 1.33 bits per heavy atom. The normalized spacial score (nSPS) is 10.2. The minimum absolute atomic E-state index is 0.0532. The Bertz CT molecular complexity index is 775. The molecule has 0 saturated carbocycles. The van der Waals surface area contributed by atoms with Crippen LogP contribution in [0.2, 0.25) is 0 Å². The quantitative estimate of drug-likeness (QED) is 0.459. The zero-order valence-corrected chi connectivity index (χ0v) is 13.2. The maximum absolute atomic E-state index is 13.9. The fraction of sp³-hybridized carbons (Fsp3) is 0.167. The van der Waals surface area contributed by atoms with E-state index in [1.807, 2.05) is 30.3 Å². The first-order valence-corrected chi connectivity index (χ1v) is 7.32. The summed E-state index contributed by atoms with van der Waals surface area (Å²) in [4.78, 5) is 24.5. The molecule has 124 valence electrons. The molecule has 0 unspecified atom stereocenters. The highest BCUT2D eigenvalue weighted by Gasteiger charge is 2.22. The van der Waals surface area contributed by atoms with E-state index in [1.165, 1.54) is 11.8 Å². The highest BCUT2D eigenvalue weighted by molar-refractivity contribution is 5.95. The van der Waals surface area contributed by atoms with Crippen LogP contribution < -0.4 is 0 Å². The fourth-order valence-corrected chi connectivity index (χ4v) is 2.34. The first-order valence-electron chi connectivity index (χ1n) is 7.32. The molecule has 0 aliphatic heterocycles. The van der Waals surface area contributed by atoms with E-state index in [-0.39, 0.29) is 17.7 Å². The average Bonchev–Trinajstić information content (AvgIpc) is 2.57. The molecule has 0 fully saturated rings. The summed E-state index contributed by atoms with van der Waals surface area (Å²) >= 11 is 0. The predicted octanol–water partition coefficient (Wildman–Crippen LogP) is 3.87. The third-order valence-electron chi connectivity index (χ3n) is 3.61. The molecule has 0 aliphatic rings. The van der Waals surface area contributed by atoms with Crippen LogP contribution in [0.4, 0.5) is 10.1 Å². The predicted molar refractivity (Wildman–Crippen MR) is 89.2 cm³/mol. The third-order valence-corrected chi connectivity index (χ3v) is 3.61. The first kappa shape index (κ1) is 17.3. The molecule has 0 spiro atoms. The highest BCUT2D eigenvalue weighted by Crippen LogP contribution is 2.24. The van der Waals surface area contributed by atoms with Gasteiger partial charge in [0.05, 0.1) is 10.5 Å². The summed E-state index contributed by atoms with van der Waals surface area (Å²) in [5.74, 6) is -1.26. The number of hydrogen-bond donors (Lipinski definition) is 0. The zero-order chi connectivity index (χ0) is 17.7. The van der Waals surface area contributed by atoms with Crippen molar-refractivity contribution in [2.24, 2.45) is 0 Å². The summed E-state index contributed by atoms with van der Waals surface area (Å²) in [5.41, 5.74) is 0.351. The van der Waals surface area contributed by atoms with Crippen LogP contribution in [-0.2, 0) is 6.54 Å². The van der Waals surface area contributed by atoms with Crippen molar-refractivity contribution in [1.29, 1.82) is 0 Å². The molecule has 2 aromatic carbocycles. The van der Waals surface area contributed by atoms with E-state index in [0.717, 1.165) is 17.7 Å². The lowest BCUT2D eigenvalue weighted by atomic mass is 10.1. The molecule has 0 saturated heterocycles. The Morgan fingerprint density at radius 2 is 2.00 bits per heavy atom. The maximum Gasteiger partial charge on any atom is 0.276 e. The van der Waals surface area contributed by atoms with Crippen LogP contribution in [-0.4, -0.2) is 22.3 Å². The van der Waals surface area contributed by atoms with E-state index in [2.05, 4.69) is 6.58 Å². The van der Waals surface area contributed by atoms with Crippen LogP contribution in [0.1, 0.15) is 21.5 Å². The fourth-order valence-electron chi connectivity index (χ4n) is 2.34. The van der Waals surface area contributed by atoms with Crippen molar-refractivity contribution < 1.29 is 14.1 Å². The second-order valence-electron chi connectivity index (χ2n) is 5.32. The van der Waals surface area contributed by atoms with Crippen molar-refractivity contribution in [3.05, 3.63) is 87.7 Å². The summed E-state index contributed by atoms with van der Waals surface area (Å²) in [7, 11) is 0. The van der Waals surface area contributed by atoms with Gasteiger partial charge in [-0.1, -0.05) is 36.4 Å². The summed E-state index contributed by atoms with van der Waals surface area (Å²) in [6.45, 7) is 5.48. The van der Waals surface area contributed by atoms with Crippen molar-refractivity contribution in [2.75, 3.05) is 6.54 Å². The number of halogens is 1. The van der Waals surface area contributed by atoms with Gasteiger partial charge in [-0.05, 0) is 18.6 Å². The van der Waals surface area contributed by atoms with Gasteiger partial charge in [0.25, 0.3) is 11.6 Å². The largest absolute Gasteiger partial charge is 0.331 e. The van der Waals surface area contributed by atoms with Gasteiger partial charge in [-0.25, -0.2) is 4.39 Å². The number of benzene rings is 2. The van der Waals surface area contributed by atoms with Crippen molar-refractivity contribution >= 4 is 11.6 Å². The molecule has 6 heteroatoms. The molecule has 2 rings (SSSR count). The van der Waals surface area contributed by atoms with E-state index < -0.39 is 22.3 Å². The molecule has 0 atom stereocenters. The van der Waals surface area contributed by atoms with Gasteiger partial charge in [0, 0.05) is 24.7 Å². The SMILES string of the molecule is C=CCN(Cc1ccccc1)C(=O)c1cc(F)c(C)c([N+](=O)[O-])c1. The molecule has 0 aromatic heterocycles. The molecule has 0 heterocycles. The van der Waals surface area contributed by atoms with Crippen LogP contribution >= 0.6 is 0 Å². The second kappa shape index (κ2) is 7.50. The average molecular weight is 328 g/mol. The smallest absolute Gasteiger partial charge is 0.276 e. The summed E-state index contributed by atoms with van der Waals surface area (Å²) in [5, 5.41) is 11.0. The molecule has 0 bridgehead atoms. The highest BCUT2D eigenvalue weighted by atomic mass is 19.1. The van der Waals surface area contributed by atoms with Gasteiger partial charge < -0.3 is 4.90 Å². The van der Waals surface area contributed by atoms with Gasteiger partial charge in [-0.15, -0.1) is 6.58 Å². The minimum atomic E-state index is -0.772. The second-order valence-corrected chi connectivity index (χ2v) is 5.32. The lowest BCUT2D eigenvalue weighted by molar-refractivity contribution is -0.385. The number of rotatable bonds is 6. The Balaban J connectivity index is 2.36. The number of nitro benzene ring substituents is 1. The molecular formula is C18H17FN2O3. The van der Waals surface area contributed by atoms with Gasteiger partial charge >= 0.3 is 0 Å². The molecule has 0 N–H and O–H groups in total. The van der Waals surface area contributed by atoms with Gasteiger partial charge in [-0.2, -0.15) is 0 Å². The number of carbonyl (C=O) groups is 1. The number of nitrogens with zero attached hydrogens (tertiary/aromatic N) is 2. The number of nitro groups is 1. The van der Waals surface area contributed by atoms with E-state index in [1.54, 1.807) is 6.08 Å². The summed E-state index contributed by atoms with van der Waals surface area (Å²) in [6.07, 6.45) is 1.56. The monoisotopic (exact) mass is 328 g/mol. The molecule has 1 amide bonds. The van der Waals surface area contributed by atoms with Crippen LogP contribution in [0, 0.1) is 22.9 Å². The molecule has 24 heavy (non-hydrogen) atoms. The molecule has 5 nitrogen and oxygen atoms in total. The number of carbonyl (C=O) groups excluding carboxylic acids is 1. The lowest BCUT2D eigenvalue weighted by Gasteiger charge is -2.21. The van der Waals surface area contributed by atoms with E-state index in [0.29, 0.717) is 6.54 Å². The maximum atomic E-state index is 13.9. The summed E-state index contributed by atoms with van der Waals surface area (Å²) in [6, 6.07) is 11.4. The lowest BCUT2D eigenvalue weighted by Crippen LogP contribution is -2.30. The Hall–Kier alpha value is -3.02. The van der Waals surface area contributed by atoms with Crippen molar-refractivity contribution in [1.82, 2.24) is 4.90 Å². The van der Waals surface area contributed by atoms with Gasteiger partial charge in [0.1, 0.15) is 5.82 Å². The van der Waals surface area contributed by atoms with Crippen molar-refractivity contribution in [3.63, 3.8) is 0 Å². The molecule has 0 aliphatic carbocycles. The van der Waals surface area contributed by atoms with Gasteiger partial charge in [-0.3, -0.25) is 14.9 Å². The van der Waals surface area contributed by atoms with E-state index in [9.17, 15) is 19.3 Å². The number of hydrogen-bond acceptors (Lipinski definition) is 3.